The second-order valence-electron chi connectivity index (χ2n) is 18.9. The van der Waals surface area contributed by atoms with Crippen LogP contribution in [0.3, 0.4) is 0 Å². The first-order valence-corrected chi connectivity index (χ1v) is 26.5. The molecule has 2 saturated heterocycles. The summed E-state index contributed by atoms with van der Waals surface area (Å²) in [6, 6.07) is 20.4. The smallest absolute Gasteiger partial charge is 0.273 e. The number of pyridine rings is 1. The summed E-state index contributed by atoms with van der Waals surface area (Å²) in [7, 11) is -7.20. The Bertz CT molecular complexity index is 3000. The van der Waals surface area contributed by atoms with Gasteiger partial charge in [0.25, 0.3) is 27.5 Å². The van der Waals surface area contributed by atoms with Crippen molar-refractivity contribution in [2.75, 3.05) is 68.8 Å². The maximum Gasteiger partial charge on any atom is 0.273 e. The van der Waals surface area contributed by atoms with E-state index in [1.54, 1.807) is 24.4 Å². The molecule has 0 bridgehead atoms. The Balaban J connectivity index is 0.975. The largest absolute Gasteiger partial charge is 0.455 e. The van der Waals surface area contributed by atoms with Crippen molar-refractivity contribution in [1.29, 1.82) is 0 Å². The number of hydrogen-bond donors (Lipinski definition) is 2. The third-order valence-corrected chi connectivity index (χ3v) is 16.8. The molecule has 1 atom stereocenters. The Labute approximate surface area is 402 Å². The molecule has 0 spiro atoms. The summed E-state index contributed by atoms with van der Waals surface area (Å²) in [5.74, 6) is -0.557. The predicted octanol–water partition coefficient (Wildman–Crippen LogP) is 8.33. The van der Waals surface area contributed by atoms with E-state index in [2.05, 4.69) is 59.7 Å². The summed E-state index contributed by atoms with van der Waals surface area (Å²) >= 11 is 6.25. The SMILES string of the molecule is CC(=O)N=S1(=O)CCN(C[C@H](C)Cc2ccc(S(=O)(=O)NC(=O)c3ccc(N4CCN(CC5=C(c6ccc(Cl)cc6)CC(C)(C)CC5)CC4)cc3Oc3cnc4[nH]ccc4c3)cc2[N+](=O)[O-])CC1. The van der Waals surface area contributed by atoms with Crippen LogP contribution in [0.2, 0.25) is 5.02 Å². The maximum atomic E-state index is 14.0. The number of H-pyrrole nitrogens is 1. The Kier molecular flexibility index (Phi) is 14.4. The molecule has 0 radical (unpaired) electrons. The minimum atomic E-state index is -4.61. The highest BCUT2D eigenvalue weighted by molar-refractivity contribution is 7.94. The number of halogens is 1. The molecule has 2 N–H and O–H groups in total. The average Bonchev–Trinajstić information content (AvgIpc) is 3.76. The Hall–Kier alpha value is -5.66. The zero-order valence-electron chi connectivity index (χ0n) is 38.7. The number of rotatable bonds is 14. The number of nitro benzene ring substituents is 1. The maximum absolute atomic E-state index is 14.0. The lowest BCUT2D eigenvalue weighted by Gasteiger charge is -2.39. The van der Waals surface area contributed by atoms with Crippen LogP contribution < -0.4 is 14.4 Å². The van der Waals surface area contributed by atoms with Gasteiger partial charge in [0.2, 0.25) is 0 Å². The second kappa shape index (κ2) is 20.1. The van der Waals surface area contributed by atoms with Crippen LogP contribution in [0.1, 0.15) is 68.4 Å². The van der Waals surface area contributed by atoms with Gasteiger partial charge in [-0.15, -0.1) is 0 Å². The number of allylic oxidation sites excluding steroid dienone is 1. The molecule has 2 aliphatic heterocycles. The molecule has 3 aliphatic rings. The quantitative estimate of drug-likeness (QED) is 0.0798. The molecule has 16 nitrogen and oxygen atoms in total. The number of carbonyl (C=O) groups excluding carboxylic acids is 2. The molecule has 3 aromatic carbocycles. The molecule has 0 unspecified atom stereocenters. The van der Waals surface area contributed by atoms with Crippen LogP contribution in [-0.4, -0.2) is 113 Å². The number of benzene rings is 3. The van der Waals surface area contributed by atoms with Gasteiger partial charge in [-0.3, -0.25) is 24.6 Å². The lowest BCUT2D eigenvalue weighted by Crippen LogP contribution is -2.47. The highest BCUT2D eigenvalue weighted by Crippen LogP contribution is 2.43. The lowest BCUT2D eigenvalue weighted by atomic mass is 9.72. The number of piperazine rings is 1. The molecule has 5 aromatic rings. The normalized spacial score (nSPS) is 18.3. The molecule has 2 amide bonds. The molecule has 2 aromatic heterocycles. The van der Waals surface area contributed by atoms with Crippen LogP contribution in [0.4, 0.5) is 11.4 Å². The van der Waals surface area contributed by atoms with Gasteiger partial charge in [-0.1, -0.05) is 56.1 Å². The van der Waals surface area contributed by atoms with Gasteiger partial charge in [0.05, 0.1) is 31.3 Å². The number of carbonyl (C=O) groups is 2. The van der Waals surface area contributed by atoms with Crippen molar-refractivity contribution in [1.82, 2.24) is 24.5 Å². The number of nitrogens with zero attached hydrogens (tertiary/aromatic N) is 6. The van der Waals surface area contributed by atoms with E-state index in [1.165, 1.54) is 48.0 Å². The Morgan fingerprint density at radius 3 is 2.44 bits per heavy atom. The third-order valence-electron chi connectivity index (χ3n) is 13.0. The van der Waals surface area contributed by atoms with Gasteiger partial charge in [0, 0.05) is 111 Å². The summed E-state index contributed by atoms with van der Waals surface area (Å²) < 4.78 is 52.8. The molecule has 4 heterocycles. The number of aromatic nitrogens is 2. The molecule has 0 saturated carbocycles. The molecule has 19 heteroatoms. The van der Waals surface area contributed by atoms with E-state index < -0.39 is 47.1 Å². The van der Waals surface area contributed by atoms with E-state index in [4.69, 9.17) is 16.3 Å². The zero-order valence-corrected chi connectivity index (χ0v) is 41.1. The fourth-order valence-electron chi connectivity index (χ4n) is 9.42. The molecule has 2 fully saturated rings. The van der Waals surface area contributed by atoms with Crippen LogP contribution in [0.25, 0.3) is 16.6 Å². The summed E-state index contributed by atoms with van der Waals surface area (Å²) in [5, 5.41) is 13.8. The fourth-order valence-corrected chi connectivity index (χ4v) is 12.5. The van der Waals surface area contributed by atoms with Gasteiger partial charge in [0.1, 0.15) is 17.1 Å². The first-order valence-electron chi connectivity index (χ1n) is 22.8. The van der Waals surface area contributed by atoms with Crippen molar-refractivity contribution in [2.24, 2.45) is 15.7 Å². The zero-order chi connectivity index (χ0) is 48.4. The molecule has 8 rings (SSSR count). The van der Waals surface area contributed by atoms with Gasteiger partial charge in [-0.05, 0) is 90.6 Å². The van der Waals surface area contributed by atoms with Crippen molar-refractivity contribution in [2.45, 2.75) is 58.3 Å². The predicted molar refractivity (Wildman–Crippen MR) is 265 cm³/mol. The average molecular weight is 986 g/mol. The van der Waals surface area contributed by atoms with E-state index in [0.29, 0.717) is 49.7 Å². The number of aromatic amines is 1. The number of ether oxygens (including phenoxy) is 1. The van der Waals surface area contributed by atoms with E-state index in [-0.39, 0.29) is 40.6 Å². The fraction of sp³-hybridized carbons (Fsp3) is 0.408. The van der Waals surface area contributed by atoms with Crippen LogP contribution in [0, 0.1) is 21.4 Å². The van der Waals surface area contributed by atoms with E-state index >= 15 is 0 Å². The third kappa shape index (κ3) is 11.8. The molecule has 360 valence electrons. The molecule has 1 aliphatic carbocycles. The number of fused-ring (bicyclic) bond motifs is 1. The minimum Gasteiger partial charge on any atom is -0.455 e. The molecule has 68 heavy (non-hydrogen) atoms. The van der Waals surface area contributed by atoms with E-state index in [0.717, 1.165) is 61.1 Å². The monoisotopic (exact) mass is 984 g/mol. The van der Waals surface area contributed by atoms with Gasteiger partial charge in [-0.2, -0.15) is 4.36 Å². The molecular formula is C49H57ClN8O8S2. The summed E-state index contributed by atoms with van der Waals surface area (Å²) in [6.45, 7) is 13.2. The van der Waals surface area contributed by atoms with Crippen molar-refractivity contribution < 1.29 is 31.9 Å². The first kappa shape index (κ1) is 48.8. The molecular weight excluding hydrogens is 928 g/mol. The number of sulfonamides is 1. The second-order valence-corrected chi connectivity index (χ2v) is 23.6. The minimum absolute atomic E-state index is 0.0598. The highest BCUT2D eigenvalue weighted by Gasteiger charge is 2.31. The number of nitrogens with one attached hydrogen (secondary N) is 2. The first-order chi connectivity index (χ1) is 32.3. The van der Waals surface area contributed by atoms with Crippen molar-refractivity contribution >= 4 is 71.1 Å². The van der Waals surface area contributed by atoms with Crippen LogP contribution in [0.5, 0.6) is 11.5 Å². The standard InChI is InChI=1S/C49H57ClN8O8S2/c1-33(31-56-21-23-67(63,24-22-56)53-34(2)59)25-36-7-11-42(28-45(36)58(61)62)68(64,65)54-48(60)43-12-10-40(27-46(43)66-41-26-37-14-16-51-47(37)52-30-41)57-19-17-55(18-20-57)32-38-13-15-49(3,4)29-44(38)35-5-8-39(50)9-6-35/h5-12,14,16,26-28,30,33H,13,15,17-25,29,31-32H2,1-4H3,(H,51,52)(H,54,60)/t33-/m1/s1. The lowest BCUT2D eigenvalue weighted by molar-refractivity contribution is -0.385. The summed E-state index contributed by atoms with van der Waals surface area (Å²) in [6.07, 6.45) is 6.69. The highest BCUT2D eigenvalue weighted by atomic mass is 35.5. The van der Waals surface area contributed by atoms with Crippen molar-refractivity contribution in [3.63, 3.8) is 0 Å². The Morgan fingerprint density at radius 1 is 1.00 bits per heavy atom. The van der Waals surface area contributed by atoms with Gasteiger partial charge < -0.3 is 19.5 Å². The number of anilines is 1. The van der Waals surface area contributed by atoms with Gasteiger partial charge in [-0.25, -0.2) is 22.3 Å². The number of nitro groups is 1. The van der Waals surface area contributed by atoms with Gasteiger partial charge in [0.15, 0.2) is 0 Å². The van der Waals surface area contributed by atoms with Crippen LogP contribution >= 0.6 is 11.6 Å². The summed E-state index contributed by atoms with van der Waals surface area (Å²) in [4.78, 5) is 51.0. The topological polar surface area (TPSA) is 201 Å². The van der Waals surface area contributed by atoms with Crippen molar-refractivity contribution in [3.8, 4) is 11.5 Å². The van der Waals surface area contributed by atoms with E-state index in [1.807, 2.05) is 25.1 Å². The number of amides is 2. The van der Waals surface area contributed by atoms with Crippen LogP contribution in [-0.2, 0) is 31.0 Å². The van der Waals surface area contributed by atoms with Crippen LogP contribution in [0.15, 0.2) is 100 Å². The number of hydrogen-bond acceptors (Lipinski definition) is 12. The van der Waals surface area contributed by atoms with E-state index in [9.17, 15) is 32.3 Å². The van der Waals surface area contributed by atoms with Gasteiger partial charge >= 0.3 is 0 Å². The Morgan fingerprint density at radius 2 is 1.74 bits per heavy atom. The van der Waals surface area contributed by atoms with Crippen molar-refractivity contribution in [3.05, 3.63) is 123 Å². The summed E-state index contributed by atoms with van der Waals surface area (Å²) in [5.41, 5.74) is 5.60.